The van der Waals surface area contributed by atoms with Gasteiger partial charge in [-0.3, -0.25) is 9.78 Å². The maximum atomic E-state index is 12.1. The minimum Gasteiger partial charge on any atom is -0.343 e. The molecule has 6 nitrogen and oxygen atoms in total. The standard InChI is InChI=1S/C16H17N5OS/c1-10-7-18-14(8-17-10)23-13-5-6-21-9-12(16(22)20(3)4)19-15(21)11(13)2/h5-9H,1-4H3. The molecule has 0 N–H and O–H groups in total. The van der Waals surface area contributed by atoms with Crippen LogP contribution in [0, 0.1) is 13.8 Å². The van der Waals surface area contributed by atoms with Crippen molar-refractivity contribution >= 4 is 23.3 Å². The van der Waals surface area contributed by atoms with Crippen molar-refractivity contribution in [3.05, 3.63) is 47.8 Å². The predicted molar refractivity (Wildman–Crippen MR) is 88.8 cm³/mol. The van der Waals surface area contributed by atoms with Gasteiger partial charge in [0.15, 0.2) is 0 Å². The molecule has 0 saturated carbocycles. The molecular weight excluding hydrogens is 310 g/mol. The highest BCUT2D eigenvalue weighted by Crippen LogP contribution is 2.30. The van der Waals surface area contributed by atoms with Crippen LogP contribution in [0.15, 0.2) is 40.8 Å². The van der Waals surface area contributed by atoms with Gasteiger partial charge in [-0.25, -0.2) is 9.97 Å². The van der Waals surface area contributed by atoms with Crippen molar-refractivity contribution in [1.82, 2.24) is 24.3 Å². The third-order valence-corrected chi connectivity index (χ3v) is 4.50. The highest BCUT2D eigenvalue weighted by atomic mass is 32.2. The van der Waals surface area contributed by atoms with Crippen LogP contribution >= 0.6 is 11.8 Å². The lowest BCUT2D eigenvalue weighted by Crippen LogP contribution is -2.21. The van der Waals surface area contributed by atoms with Crippen molar-refractivity contribution in [2.45, 2.75) is 23.8 Å². The van der Waals surface area contributed by atoms with Crippen LogP contribution in [0.1, 0.15) is 21.7 Å². The predicted octanol–water partition coefficient (Wildman–Crippen LogP) is 2.59. The Labute approximate surface area is 138 Å². The van der Waals surface area contributed by atoms with E-state index in [1.807, 2.05) is 30.5 Å². The van der Waals surface area contributed by atoms with Crippen molar-refractivity contribution in [1.29, 1.82) is 0 Å². The topological polar surface area (TPSA) is 63.4 Å². The molecule has 7 heteroatoms. The van der Waals surface area contributed by atoms with Crippen LogP contribution in [0.2, 0.25) is 0 Å². The van der Waals surface area contributed by atoms with Gasteiger partial charge in [0.25, 0.3) is 5.91 Å². The number of nitrogens with zero attached hydrogens (tertiary/aromatic N) is 5. The van der Waals surface area contributed by atoms with Gasteiger partial charge in [0, 0.05) is 43.1 Å². The Hall–Kier alpha value is -2.41. The summed E-state index contributed by atoms with van der Waals surface area (Å²) in [4.78, 5) is 27.7. The smallest absolute Gasteiger partial charge is 0.273 e. The number of carbonyl (C=O) groups is 1. The second-order valence-electron chi connectivity index (χ2n) is 5.46. The molecule has 0 aromatic carbocycles. The van der Waals surface area contributed by atoms with Crippen LogP contribution in [0.4, 0.5) is 0 Å². The molecule has 0 saturated heterocycles. The fourth-order valence-corrected chi connectivity index (χ4v) is 2.97. The molecule has 1 amide bonds. The molecule has 0 fully saturated rings. The highest BCUT2D eigenvalue weighted by molar-refractivity contribution is 7.99. The second kappa shape index (κ2) is 6.00. The van der Waals surface area contributed by atoms with E-state index in [9.17, 15) is 4.79 Å². The summed E-state index contributed by atoms with van der Waals surface area (Å²) in [6.07, 6.45) is 7.17. The van der Waals surface area contributed by atoms with Gasteiger partial charge in [-0.2, -0.15) is 0 Å². The van der Waals surface area contributed by atoms with E-state index in [0.717, 1.165) is 26.8 Å². The number of hydrogen-bond acceptors (Lipinski definition) is 5. The summed E-state index contributed by atoms with van der Waals surface area (Å²) in [5.74, 6) is -0.105. The first-order valence-electron chi connectivity index (χ1n) is 7.12. The van der Waals surface area contributed by atoms with Crippen LogP contribution in [-0.2, 0) is 0 Å². The Morgan fingerprint density at radius 2 is 2.00 bits per heavy atom. The molecule has 0 aliphatic rings. The molecule has 3 aromatic rings. The molecule has 0 radical (unpaired) electrons. The largest absolute Gasteiger partial charge is 0.343 e. The third-order valence-electron chi connectivity index (χ3n) is 3.42. The zero-order valence-corrected chi connectivity index (χ0v) is 14.3. The fourth-order valence-electron chi connectivity index (χ4n) is 2.16. The van der Waals surface area contributed by atoms with E-state index in [0.29, 0.717) is 5.69 Å². The number of pyridine rings is 1. The number of imidazole rings is 1. The summed E-state index contributed by atoms with van der Waals surface area (Å²) < 4.78 is 1.87. The quantitative estimate of drug-likeness (QED) is 0.740. The Kier molecular flexibility index (Phi) is 4.04. The van der Waals surface area contributed by atoms with Gasteiger partial charge in [0.05, 0.1) is 11.9 Å². The van der Waals surface area contributed by atoms with E-state index < -0.39 is 0 Å². The van der Waals surface area contributed by atoms with Crippen molar-refractivity contribution in [3.63, 3.8) is 0 Å². The van der Waals surface area contributed by atoms with Gasteiger partial charge in [-0.15, -0.1) is 0 Å². The lowest BCUT2D eigenvalue weighted by atomic mass is 10.3. The number of aryl methyl sites for hydroxylation is 2. The van der Waals surface area contributed by atoms with Gasteiger partial charge in [-0.1, -0.05) is 11.8 Å². The zero-order chi connectivity index (χ0) is 16.6. The van der Waals surface area contributed by atoms with E-state index in [2.05, 4.69) is 15.0 Å². The molecule has 23 heavy (non-hydrogen) atoms. The van der Waals surface area contributed by atoms with Gasteiger partial charge in [0.2, 0.25) is 0 Å². The molecule has 0 spiro atoms. The first kappa shape index (κ1) is 15.5. The zero-order valence-electron chi connectivity index (χ0n) is 13.4. The molecule has 0 bridgehead atoms. The van der Waals surface area contributed by atoms with E-state index >= 15 is 0 Å². The fraction of sp³-hybridized carbons (Fsp3) is 0.250. The normalized spacial score (nSPS) is 11.0. The van der Waals surface area contributed by atoms with Crippen molar-refractivity contribution in [2.24, 2.45) is 0 Å². The Balaban J connectivity index is 1.98. The lowest BCUT2D eigenvalue weighted by Gasteiger charge is -2.06. The third kappa shape index (κ3) is 3.05. The average molecular weight is 327 g/mol. The van der Waals surface area contributed by atoms with E-state index in [1.165, 1.54) is 16.7 Å². The summed E-state index contributed by atoms with van der Waals surface area (Å²) in [6, 6.07) is 2.00. The highest BCUT2D eigenvalue weighted by Gasteiger charge is 2.15. The number of amides is 1. The number of fused-ring (bicyclic) bond motifs is 1. The maximum Gasteiger partial charge on any atom is 0.273 e. The molecule has 0 aliphatic heterocycles. The summed E-state index contributed by atoms with van der Waals surface area (Å²) in [5, 5.41) is 0.833. The van der Waals surface area contributed by atoms with Gasteiger partial charge >= 0.3 is 0 Å². The van der Waals surface area contributed by atoms with E-state index in [4.69, 9.17) is 0 Å². The van der Waals surface area contributed by atoms with Crippen LogP contribution in [0.5, 0.6) is 0 Å². The minimum absolute atomic E-state index is 0.105. The molecule has 0 unspecified atom stereocenters. The van der Waals surface area contributed by atoms with Crippen molar-refractivity contribution in [3.8, 4) is 0 Å². The van der Waals surface area contributed by atoms with E-state index in [1.54, 1.807) is 32.7 Å². The second-order valence-corrected chi connectivity index (χ2v) is 6.52. The number of carbonyl (C=O) groups excluding carboxylic acids is 1. The van der Waals surface area contributed by atoms with Crippen molar-refractivity contribution in [2.75, 3.05) is 14.1 Å². The maximum absolute atomic E-state index is 12.1. The molecule has 0 aliphatic carbocycles. The summed E-state index contributed by atoms with van der Waals surface area (Å²) in [6.45, 7) is 3.91. The van der Waals surface area contributed by atoms with Crippen molar-refractivity contribution < 1.29 is 4.79 Å². The van der Waals surface area contributed by atoms with Crippen LogP contribution in [0.25, 0.3) is 5.65 Å². The Bertz CT molecular complexity index is 870. The van der Waals surface area contributed by atoms with Crippen LogP contribution in [-0.4, -0.2) is 44.3 Å². The molecule has 3 rings (SSSR count). The average Bonchev–Trinajstić information content (AvgIpc) is 2.96. The molecular formula is C16H17N5OS. The number of hydrogen-bond donors (Lipinski definition) is 0. The number of aromatic nitrogens is 4. The Morgan fingerprint density at radius 1 is 1.22 bits per heavy atom. The first-order chi connectivity index (χ1) is 11.0. The monoisotopic (exact) mass is 327 g/mol. The molecule has 3 aromatic heterocycles. The van der Waals surface area contributed by atoms with E-state index in [-0.39, 0.29) is 5.91 Å². The first-order valence-corrected chi connectivity index (χ1v) is 7.94. The molecule has 118 valence electrons. The van der Waals surface area contributed by atoms with Gasteiger partial charge < -0.3 is 9.30 Å². The molecule has 0 atom stereocenters. The minimum atomic E-state index is -0.105. The van der Waals surface area contributed by atoms with Crippen LogP contribution in [0.3, 0.4) is 0 Å². The lowest BCUT2D eigenvalue weighted by molar-refractivity contribution is 0.0822. The summed E-state index contributed by atoms with van der Waals surface area (Å²) >= 11 is 1.54. The molecule has 3 heterocycles. The number of rotatable bonds is 3. The summed E-state index contributed by atoms with van der Waals surface area (Å²) in [7, 11) is 3.44. The van der Waals surface area contributed by atoms with Gasteiger partial charge in [0.1, 0.15) is 16.4 Å². The Morgan fingerprint density at radius 3 is 2.65 bits per heavy atom. The SMILES string of the molecule is Cc1cnc(Sc2ccn3cc(C(=O)N(C)C)nc3c2C)cn1. The van der Waals surface area contributed by atoms with Crippen LogP contribution < -0.4 is 0 Å². The summed E-state index contributed by atoms with van der Waals surface area (Å²) in [5.41, 5.74) is 3.12. The van der Waals surface area contributed by atoms with Gasteiger partial charge in [-0.05, 0) is 19.9 Å².